The Labute approximate surface area is 177 Å². The Balaban J connectivity index is 1.37. The van der Waals surface area contributed by atoms with Gasteiger partial charge in [-0.1, -0.05) is 66.3 Å². The summed E-state index contributed by atoms with van der Waals surface area (Å²) in [6.07, 6.45) is 4.60. The summed E-state index contributed by atoms with van der Waals surface area (Å²) in [4.78, 5) is 26.3. The van der Waals surface area contributed by atoms with Crippen LogP contribution in [0.1, 0.15) is 31.2 Å². The molecule has 1 saturated heterocycles. The number of anilines is 1. The molecule has 1 aliphatic rings. The molecule has 0 unspecified atom stereocenters. The standard InChI is InChI=1S/C19H24N4O2S3/c24-16(13-26-12-15-8-4-3-5-9-15)20-18-21-22-19(28-18)27-14-17(25)23-10-6-1-2-7-11-23/h3-5,8-9H,1-2,6-7,10-14H2,(H,20,21,24). The Hall–Kier alpha value is -1.58. The SMILES string of the molecule is O=C(CSCc1ccccc1)Nc1nnc(SCC(=O)N2CCCCCC2)s1. The van der Waals surface area contributed by atoms with Crippen molar-refractivity contribution in [1.29, 1.82) is 0 Å². The highest BCUT2D eigenvalue weighted by atomic mass is 32.2. The van der Waals surface area contributed by atoms with Crippen molar-refractivity contribution in [2.75, 3.05) is 29.9 Å². The third kappa shape index (κ3) is 7.10. The lowest BCUT2D eigenvalue weighted by molar-refractivity contribution is -0.128. The van der Waals surface area contributed by atoms with Gasteiger partial charge < -0.3 is 4.90 Å². The Morgan fingerprint density at radius 3 is 2.54 bits per heavy atom. The molecule has 1 N–H and O–H groups in total. The summed E-state index contributed by atoms with van der Waals surface area (Å²) >= 11 is 4.26. The molecule has 9 heteroatoms. The number of aromatic nitrogens is 2. The van der Waals surface area contributed by atoms with Crippen molar-refractivity contribution in [3.05, 3.63) is 35.9 Å². The highest BCUT2D eigenvalue weighted by Crippen LogP contribution is 2.26. The predicted octanol–water partition coefficient (Wildman–Crippen LogP) is 3.90. The van der Waals surface area contributed by atoms with E-state index in [2.05, 4.69) is 15.5 Å². The molecule has 28 heavy (non-hydrogen) atoms. The number of likely N-dealkylation sites (tertiary alicyclic amines) is 1. The van der Waals surface area contributed by atoms with Crippen LogP contribution >= 0.6 is 34.9 Å². The summed E-state index contributed by atoms with van der Waals surface area (Å²) in [6.45, 7) is 1.72. The van der Waals surface area contributed by atoms with Crippen molar-refractivity contribution in [1.82, 2.24) is 15.1 Å². The van der Waals surface area contributed by atoms with Gasteiger partial charge in [-0.25, -0.2) is 0 Å². The third-order valence-electron chi connectivity index (χ3n) is 4.28. The first-order valence-corrected chi connectivity index (χ1v) is 12.3. The zero-order valence-corrected chi connectivity index (χ0v) is 18.1. The number of thioether (sulfide) groups is 2. The van der Waals surface area contributed by atoms with Crippen molar-refractivity contribution in [3.63, 3.8) is 0 Å². The zero-order chi connectivity index (χ0) is 19.6. The largest absolute Gasteiger partial charge is 0.342 e. The van der Waals surface area contributed by atoms with Gasteiger partial charge in [0.05, 0.1) is 11.5 Å². The van der Waals surface area contributed by atoms with E-state index in [-0.39, 0.29) is 11.8 Å². The molecule has 1 aromatic carbocycles. The number of nitrogens with zero attached hydrogens (tertiary/aromatic N) is 3. The Kier molecular flexibility index (Phi) is 8.63. The molecule has 0 saturated carbocycles. The quantitative estimate of drug-likeness (QED) is 0.500. The van der Waals surface area contributed by atoms with Gasteiger partial charge in [-0.05, 0) is 18.4 Å². The van der Waals surface area contributed by atoms with E-state index in [1.54, 1.807) is 11.8 Å². The number of carbonyl (C=O) groups is 2. The summed E-state index contributed by atoms with van der Waals surface area (Å²) < 4.78 is 0.704. The Morgan fingerprint density at radius 2 is 1.79 bits per heavy atom. The van der Waals surface area contributed by atoms with E-state index >= 15 is 0 Å². The molecule has 2 aromatic rings. The van der Waals surface area contributed by atoms with Crippen LogP contribution in [-0.4, -0.2) is 51.5 Å². The molecule has 0 spiro atoms. The molecule has 2 heterocycles. The van der Waals surface area contributed by atoms with Gasteiger partial charge in [-0.3, -0.25) is 14.9 Å². The third-order valence-corrected chi connectivity index (χ3v) is 7.24. The van der Waals surface area contributed by atoms with E-state index in [1.807, 2.05) is 35.2 Å². The minimum atomic E-state index is -0.0886. The summed E-state index contributed by atoms with van der Waals surface area (Å²) in [7, 11) is 0. The predicted molar refractivity (Wildman–Crippen MR) is 117 cm³/mol. The molecule has 0 bridgehead atoms. The van der Waals surface area contributed by atoms with Gasteiger partial charge in [0, 0.05) is 18.8 Å². The van der Waals surface area contributed by atoms with Gasteiger partial charge in [0.2, 0.25) is 16.9 Å². The number of hydrogen-bond acceptors (Lipinski definition) is 7. The maximum absolute atomic E-state index is 12.3. The fourth-order valence-electron chi connectivity index (χ4n) is 2.84. The van der Waals surface area contributed by atoms with Crippen molar-refractivity contribution in [2.24, 2.45) is 0 Å². The van der Waals surface area contributed by atoms with Crippen LogP contribution in [0, 0.1) is 0 Å². The molecule has 6 nitrogen and oxygen atoms in total. The topological polar surface area (TPSA) is 75.2 Å². The second kappa shape index (κ2) is 11.4. The van der Waals surface area contributed by atoms with Crippen molar-refractivity contribution < 1.29 is 9.59 Å². The molecule has 2 amide bonds. The van der Waals surface area contributed by atoms with Crippen LogP contribution in [-0.2, 0) is 15.3 Å². The van der Waals surface area contributed by atoms with Gasteiger partial charge in [-0.2, -0.15) is 0 Å². The second-order valence-electron chi connectivity index (χ2n) is 6.48. The Morgan fingerprint density at radius 1 is 1.04 bits per heavy atom. The van der Waals surface area contributed by atoms with Gasteiger partial charge in [-0.15, -0.1) is 22.0 Å². The molecular formula is C19H24N4O2S3. The smallest absolute Gasteiger partial charge is 0.236 e. The van der Waals surface area contributed by atoms with Crippen LogP contribution in [0.15, 0.2) is 34.7 Å². The molecule has 0 atom stereocenters. The highest BCUT2D eigenvalue weighted by Gasteiger charge is 2.17. The van der Waals surface area contributed by atoms with E-state index in [0.29, 0.717) is 21.0 Å². The van der Waals surface area contributed by atoms with Crippen molar-refractivity contribution >= 4 is 51.8 Å². The first-order chi connectivity index (χ1) is 13.7. The minimum Gasteiger partial charge on any atom is -0.342 e. The van der Waals surface area contributed by atoms with E-state index < -0.39 is 0 Å². The average molecular weight is 437 g/mol. The van der Waals surface area contributed by atoms with E-state index in [1.165, 1.54) is 41.5 Å². The van der Waals surface area contributed by atoms with Crippen molar-refractivity contribution in [2.45, 2.75) is 35.8 Å². The van der Waals surface area contributed by atoms with E-state index in [4.69, 9.17) is 0 Å². The lowest BCUT2D eigenvalue weighted by atomic mass is 10.2. The first kappa shape index (κ1) is 21.1. The zero-order valence-electron chi connectivity index (χ0n) is 15.6. The monoisotopic (exact) mass is 436 g/mol. The second-order valence-corrected chi connectivity index (χ2v) is 9.67. The molecule has 0 aliphatic carbocycles. The van der Waals surface area contributed by atoms with Crippen LogP contribution in [0.5, 0.6) is 0 Å². The van der Waals surface area contributed by atoms with Crippen molar-refractivity contribution in [3.8, 4) is 0 Å². The fourth-order valence-corrected chi connectivity index (χ4v) is 5.30. The number of amides is 2. The minimum absolute atomic E-state index is 0.0886. The molecule has 0 radical (unpaired) electrons. The maximum Gasteiger partial charge on any atom is 0.236 e. The molecule has 1 aromatic heterocycles. The van der Waals surface area contributed by atoms with E-state index in [9.17, 15) is 9.59 Å². The van der Waals surface area contributed by atoms with E-state index in [0.717, 1.165) is 31.7 Å². The molecule has 1 fully saturated rings. The number of hydrogen-bond donors (Lipinski definition) is 1. The maximum atomic E-state index is 12.3. The number of nitrogens with one attached hydrogen (secondary N) is 1. The lowest BCUT2D eigenvalue weighted by Crippen LogP contribution is -2.33. The average Bonchev–Trinajstić information content (AvgIpc) is 2.97. The summed E-state index contributed by atoms with van der Waals surface area (Å²) in [5.41, 5.74) is 1.20. The summed E-state index contributed by atoms with van der Waals surface area (Å²) in [5, 5.41) is 11.3. The van der Waals surface area contributed by atoms with Crippen LogP contribution in [0.2, 0.25) is 0 Å². The van der Waals surface area contributed by atoms with Crippen LogP contribution < -0.4 is 5.32 Å². The number of carbonyl (C=O) groups excluding carboxylic acids is 2. The molecule has 3 rings (SSSR count). The fraction of sp³-hybridized carbons (Fsp3) is 0.474. The van der Waals surface area contributed by atoms with Crippen LogP contribution in [0.4, 0.5) is 5.13 Å². The van der Waals surface area contributed by atoms with Gasteiger partial charge in [0.15, 0.2) is 4.34 Å². The normalized spacial score (nSPS) is 14.5. The first-order valence-electron chi connectivity index (χ1n) is 9.36. The number of rotatable bonds is 8. The number of benzene rings is 1. The molecule has 150 valence electrons. The van der Waals surface area contributed by atoms with Gasteiger partial charge in [0.1, 0.15) is 0 Å². The van der Waals surface area contributed by atoms with Gasteiger partial charge in [0.25, 0.3) is 0 Å². The van der Waals surface area contributed by atoms with Crippen LogP contribution in [0.3, 0.4) is 0 Å². The van der Waals surface area contributed by atoms with Gasteiger partial charge >= 0.3 is 0 Å². The lowest BCUT2D eigenvalue weighted by Gasteiger charge is -2.19. The summed E-state index contributed by atoms with van der Waals surface area (Å²) in [6, 6.07) is 10.1. The summed E-state index contributed by atoms with van der Waals surface area (Å²) in [5.74, 6) is 1.60. The Bertz CT molecular complexity index is 762. The highest BCUT2D eigenvalue weighted by molar-refractivity contribution is 8.01. The molecule has 1 aliphatic heterocycles. The molecular weight excluding hydrogens is 412 g/mol. The van der Waals surface area contributed by atoms with Crippen LogP contribution in [0.25, 0.3) is 0 Å².